The third-order valence-electron chi connectivity index (χ3n) is 11.3. The number of ether oxygens (including phenoxy) is 1. The maximum Gasteiger partial charge on any atom is 0.272 e. The summed E-state index contributed by atoms with van der Waals surface area (Å²) in [5, 5.41) is 4.32. The van der Waals surface area contributed by atoms with Gasteiger partial charge in [-0.15, -0.1) is 0 Å². The number of carbonyl (C=O) groups is 2. The van der Waals surface area contributed by atoms with Gasteiger partial charge in [-0.05, 0) is 69.0 Å². The Morgan fingerprint density at radius 3 is 2.14 bits per heavy atom. The van der Waals surface area contributed by atoms with Gasteiger partial charge in [-0.2, -0.15) is 0 Å². The van der Waals surface area contributed by atoms with Gasteiger partial charge in [0.2, 0.25) is 5.91 Å². The highest BCUT2D eigenvalue weighted by Crippen LogP contribution is 2.37. The lowest BCUT2D eigenvalue weighted by Gasteiger charge is -2.37. The summed E-state index contributed by atoms with van der Waals surface area (Å²) in [6, 6.07) is 13.3. The Kier molecular flexibility index (Phi) is 10.9. The summed E-state index contributed by atoms with van der Waals surface area (Å²) in [5.74, 6) is 0.861. The molecule has 0 radical (unpaired) electrons. The predicted molar refractivity (Wildman–Crippen MR) is 202 cm³/mol. The third-order valence-corrected chi connectivity index (χ3v) is 11.3. The number of carbonyl (C=O) groups excluding carboxylic acids is 2. The van der Waals surface area contributed by atoms with Gasteiger partial charge >= 0.3 is 0 Å². The molecular weight excluding hydrogens is 626 g/mol. The van der Waals surface area contributed by atoms with Crippen molar-refractivity contribution in [3.05, 3.63) is 58.8 Å². The van der Waals surface area contributed by atoms with Gasteiger partial charge in [0.1, 0.15) is 11.4 Å². The molecule has 10 nitrogen and oxygen atoms in total. The highest BCUT2D eigenvalue weighted by Gasteiger charge is 2.33. The number of likely N-dealkylation sites (tertiary alicyclic amines) is 1. The molecule has 2 amide bonds. The highest BCUT2D eigenvalue weighted by atomic mass is 16.5. The molecular formula is C40H59N7O3. The summed E-state index contributed by atoms with van der Waals surface area (Å²) >= 11 is 0. The van der Waals surface area contributed by atoms with E-state index in [4.69, 9.17) is 4.74 Å². The lowest BCUT2D eigenvalue weighted by atomic mass is 9.85. The Morgan fingerprint density at radius 1 is 0.880 bits per heavy atom. The number of methoxy groups -OCH3 is 1. The molecule has 1 N–H and O–H groups in total. The van der Waals surface area contributed by atoms with E-state index in [9.17, 15) is 9.59 Å². The van der Waals surface area contributed by atoms with Crippen molar-refractivity contribution in [2.24, 2.45) is 7.05 Å². The Morgan fingerprint density at radius 2 is 1.54 bits per heavy atom. The Bertz CT molecular complexity index is 1680. The zero-order chi connectivity index (χ0) is 35.7. The van der Waals surface area contributed by atoms with Crippen molar-refractivity contribution in [3.8, 4) is 5.75 Å². The van der Waals surface area contributed by atoms with Gasteiger partial charge in [-0.25, -0.2) is 0 Å². The van der Waals surface area contributed by atoms with Crippen LogP contribution < -0.4 is 10.1 Å². The van der Waals surface area contributed by atoms with Gasteiger partial charge in [0.15, 0.2) is 0 Å². The fourth-order valence-electron chi connectivity index (χ4n) is 8.09. The first-order valence-corrected chi connectivity index (χ1v) is 18.6. The molecule has 6 rings (SSSR count). The number of nitrogens with one attached hydrogen (secondary N) is 1. The second-order valence-electron chi connectivity index (χ2n) is 16.0. The summed E-state index contributed by atoms with van der Waals surface area (Å²) in [6.07, 6.45) is 2.06. The average Bonchev–Trinajstić information content (AvgIpc) is 3.67. The van der Waals surface area contributed by atoms with Crippen molar-refractivity contribution in [2.75, 3.05) is 78.4 Å². The van der Waals surface area contributed by atoms with Crippen molar-refractivity contribution in [1.29, 1.82) is 0 Å². The number of para-hydroxylation sites is 1. The van der Waals surface area contributed by atoms with Gasteiger partial charge in [0, 0.05) is 89.5 Å². The van der Waals surface area contributed by atoms with E-state index in [1.165, 1.54) is 11.1 Å². The number of likely N-dealkylation sites (N-methyl/N-ethyl adjacent to an activating group) is 1. The molecule has 1 atom stereocenters. The van der Waals surface area contributed by atoms with Crippen LogP contribution in [0.15, 0.2) is 36.4 Å². The van der Waals surface area contributed by atoms with Crippen LogP contribution in [-0.2, 0) is 30.3 Å². The summed E-state index contributed by atoms with van der Waals surface area (Å²) in [5.41, 5.74) is 5.75. The van der Waals surface area contributed by atoms with Crippen LogP contribution in [0.1, 0.15) is 74.6 Å². The molecule has 3 aliphatic rings. The zero-order valence-electron chi connectivity index (χ0n) is 31.7. The van der Waals surface area contributed by atoms with Crippen LogP contribution in [0, 0.1) is 0 Å². The normalized spacial score (nSPS) is 20.3. The summed E-state index contributed by atoms with van der Waals surface area (Å²) in [6.45, 7) is 21.0. The van der Waals surface area contributed by atoms with Gasteiger partial charge in [0.05, 0.1) is 24.4 Å². The van der Waals surface area contributed by atoms with Crippen LogP contribution in [0.4, 0.5) is 5.69 Å². The molecule has 0 unspecified atom stereocenters. The van der Waals surface area contributed by atoms with E-state index in [2.05, 4.69) is 102 Å². The van der Waals surface area contributed by atoms with Crippen molar-refractivity contribution in [3.63, 3.8) is 0 Å². The third kappa shape index (κ3) is 7.73. The molecule has 0 bridgehead atoms. The molecule has 10 heteroatoms. The van der Waals surface area contributed by atoms with Gasteiger partial charge < -0.3 is 19.5 Å². The molecule has 0 spiro atoms. The average molecular weight is 686 g/mol. The van der Waals surface area contributed by atoms with Crippen LogP contribution in [0.2, 0.25) is 0 Å². The molecule has 0 saturated carbocycles. The van der Waals surface area contributed by atoms with E-state index < -0.39 is 0 Å². The first-order chi connectivity index (χ1) is 23.8. The number of nitrogens with zero attached hydrogens (tertiary/aromatic N) is 6. The predicted octanol–water partition coefficient (Wildman–Crippen LogP) is 5.00. The number of hydrogen-bond acceptors (Lipinski definition) is 7. The number of aryl methyl sites for hydroxylation is 1. The van der Waals surface area contributed by atoms with Crippen LogP contribution in [-0.4, -0.2) is 126 Å². The first-order valence-electron chi connectivity index (χ1n) is 18.6. The van der Waals surface area contributed by atoms with Crippen LogP contribution in [0.5, 0.6) is 5.75 Å². The van der Waals surface area contributed by atoms with E-state index in [-0.39, 0.29) is 23.3 Å². The van der Waals surface area contributed by atoms with Crippen molar-refractivity contribution in [2.45, 2.75) is 78.0 Å². The standard InChI is InChI=1S/C40H59N7O3/c1-28(2)46-19-15-45(16-20-46)27-31-23-32(40(3,4)5)25-33(37(31)50-8)41-38(48)35-24-29-11-9-12-30(36(29)43(35)7)26-44-17-21-47(22-18-44)39(49)34-13-10-14-42(34)6/h9,11-12,23-25,28,34H,10,13-22,26-27H2,1-8H3,(H,41,48)/t34-/m0/s1. The molecule has 4 heterocycles. The minimum absolute atomic E-state index is 0.0384. The van der Waals surface area contributed by atoms with E-state index in [1.54, 1.807) is 7.11 Å². The second kappa shape index (κ2) is 15.0. The van der Waals surface area contributed by atoms with Crippen molar-refractivity contribution < 1.29 is 14.3 Å². The number of fused-ring (bicyclic) bond motifs is 1. The maximum absolute atomic E-state index is 14.1. The summed E-state index contributed by atoms with van der Waals surface area (Å²) in [7, 11) is 5.75. The Balaban J connectivity index is 1.19. The monoisotopic (exact) mass is 685 g/mol. The summed E-state index contributed by atoms with van der Waals surface area (Å²) in [4.78, 5) is 39.0. The van der Waals surface area contributed by atoms with E-state index in [1.807, 2.05) is 17.7 Å². The maximum atomic E-state index is 14.1. The zero-order valence-corrected chi connectivity index (χ0v) is 31.7. The molecule has 272 valence electrons. The molecule has 3 aliphatic heterocycles. The minimum Gasteiger partial charge on any atom is -0.494 e. The highest BCUT2D eigenvalue weighted by molar-refractivity contribution is 6.07. The number of rotatable bonds is 9. The largest absolute Gasteiger partial charge is 0.494 e. The lowest BCUT2D eigenvalue weighted by molar-refractivity contribution is -0.137. The summed E-state index contributed by atoms with van der Waals surface area (Å²) < 4.78 is 8.07. The molecule has 3 aromatic rings. The second-order valence-corrected chi connectivity index (χ2v) is 16.0. The molecule has 1 aromatic heterocycles. The number of aromatic nitrogens is 1. The van der Waals surface area contributed by atoms with Gasteiger partial charge in [-0.3, -0.25) is 29.2 Å². The number of anilines is 1. The van der Waals surface area contributed by atoms with E-state index in [0.29, 0.717) is 17.4 Å². The van der Waals surface area contributed by atoms with Crippen LogP contribution >= 0.6 is 0 Å². The molecule has 0 aliphatic carbocycles. The number of piperazine rings is 2. The quantitative estimate of drug-likeness (QED) is 0.340. The molecule has 50 heavy (non-hydrogen) atoms. The van der Waals surface area contributed by atoms with Crippen molar-refractivity contribution in [1.82, 2.24) is 29.1 Å². The van der Waals surface area contributed by atoms with Crippen LogP contribution in [0.25, 0.3) is 10.9 Å². The van der Waals surface area contributed by atoms with Gasteiger partial charge in [0.25, 0.3) is 5.91 Å². The minimum atomic E-state index is -0.153. The Labute approximate surface area is 299 Å². The molecule has 2 aromatic carbocycles. The van der Waals surface area contributed by atoms with Crippen molar-refractivity contribution >= 4 is 28.4 Å². The number of benzene rings is 2. The SMILES string of the molecule is COc1c(CN2CCN(C(C)C)CC2)cc(C(C)(C)C)cc1NC(=O)c1cc2cccc(CN3CCN(C(=O)[C@@H]4CCCN4C)CC3)c2n1C. The fourth-order valence-corrected chi connectivity index (χ4v) is 8.09. The van der Waals surface area contributed by atoms with E-state index in [0.717, 1.165) is 107 Å². The first kappa shape index (κ1) is 36.4. The number of hydrogen-bond donors (Lipinski definition) is 1. The fraction of sp³-hybridized carbons (Fsp3) is 0.600. The lowest BCUT2D eigenvalue weighted by Crippen LogP contribution is -2.52. The Hall–Kier alpha value is -3.44. The van der Waals surface area contributed by atoms with E-state index >= 15 is 0 Å². The van der Waals surface area contributed by atoms with Gasteiger partial charge in [-0.1, -0.05) is 45.0 Å². The van der Waals surface area contributed by atoms with Crippen LogP contribution in [0.3, 0.4) is 0 Å². The molecule has 3 fully saturated rings. The number of amides is 2. The topological polar surface area (TPSA) is 76.5 Å². The molecule has 3 saturated heterocycles. The smallest absolute Gasteiger partial charge is 0.272 e.